The molecule has 1 aliphatic heterocycles. The average molecular weight is 555 g/mol. The Balaban J connectivity index is 1.39. The Hall–Kier alpha value is -3.02. The van der Waals surface area contributed by atoms with E-state index in [2.05, 4.69) is 28.9 Å². The van der Waals surface area contributed by atoms with Crippen molar-refractivity contribution in [2.75, 3.05) is 40.9 Å². The predicted molar refractivity (Wildman–Crippen MR) is 147 cm³/mol. The molecule has 2 aromatic carbocycles. The van der Waals surface area contributed by atoms with Gasteiger partial charge in [0.1, 0.15) is 5.75 Å². The first-order valence-electron chi connectivity index (χ1n) is 14.0. The van der Waals surface area contributed by atoms with Gasteiger partial charge in [-0.2, -0.15) is 13.2 Å². The van der Waals surface area contributed by atoms with Crippen molar-refractivity contribution in [3.05, 3.63) is 65.2 Å². The molecule has 3 aliphatic rings. The average Bonchev–Trinajstić information content (AvgIpc) is 3.79. The van der Waals surface area contributed by atoms with Crippen LogP contribution in [0.25, 0.3) is 0 Å². The number of carbonyl (C=O) groups excluding carboxylic acids is 1. The van der Waals surface area contributed by atoms with Crippen molar-refractivity contribution in [2.45, 2.75) is 61.8 Å². The van der Waals surface area contributed by atoms with E-state index in [1.807, 2.05) is 19.2 Å². The number of nitrogens with zero attached hydrogens (tertiary/aromatic N) is 2. The Bertz CT molecular complexity index is 1280. The summed E-state index contributed by atoms with van der Waals surface area (Å²) in [5.74, 6) is 6.64. The lowest BCUT2D eigenvalue weighted by Gasteiger charge is -2.60. The molecule has 0 spiro atoms. The summed E-state index contributed by atoms with van der Waals surface area (Å²) in [6.07, 6.45) is 1.43. The van der Waals surface area contributed by atoms with Crippen molar-refractivity contribution in [3.8, 4) is 17.6 Å². The molecule has 2 saturated carbocycles. The number of benzene rings is 2. The number of likely N-dealkylation sites (tertiary alicyclic amines) is 1. The zero-order valence-corrected chi connectivity index (χ0v) is 23.4. The van der Waals surface area contributed by atoms with E-state index in [1.54, 1.807) is 19.1 Å². The standard InChI is InChI=1S/C32H37F3N2O3/c1-36(29(38)14-11-23-9-12-25(13-10-23)32(33,34)35)27-15-16-31(40-3)22-37(21-24-7-8-24)18-17-30(31,20-27)26-5-4-6-28(19-26)39-2/h4-6,9-10,12-13,19,24,27H,7-8,15-18,20-22H2,1-3H3/t27-,30-,31-/m0/s1. The number of ether oxygens (including phenoxy) is 2. The van der Waals surface area contributed by atoms with Crippen LogP contribution in [0.15, 0.2) is 48.5 Å². The van der Waals surface area contributed by atoms with Crippen LogP contribution in [0.2, 0.25) is 0 Å². The molecule has 3 fully saturated rings. The highest BCUT2D eigenvalue weighted by Crippen LogP contribution is 2.54. The van der Waals surface area contributed by atoms with Crippen molar-refractivity contribution >= 4 is 5.91 Å². The fraction of sp³-hybridized carbons (Fsp3) is 0.531. The molecule has 2 aliphatic carbocycles. The Morgan fingerprint density at radius 3 is 2.50 bits per heavy atom. The van der Waals surface area contributed by atoms with Crippen molar-refractivity contribution in [1.29, 1.82) is 0 Å². The number of piperidine rings is 1. The van der Waals surface area contributed by atoms with E-state index >= 15 is 0 Å². The topological polar surface area (TPSA) is 42.0 Å². The molecule has 0 radical (unpaired) electrons. The number of hydrogen-bond donors (Lipinski definition) is 0. The highest BCUT2D eigenvalue weighted by Gasteiger charge is 2.59. The maximum absolute atomic E-state index is 13.2. The monoisotopic (exact) mass is 554 g/mol. The summed E-state index contributed by atoms with van der Waals surface area (Å²) < 4.78 is 50.7. The van der Waals surface area contributed by atoms with Gasteiger partial charge in [-0.15, -0.1) is 0 Å². The van der Waals surface area contributed by atoms with Gasteiger partial charge in [-0.25, -0.2) is 0 Å². The Kier molecular flexibility index (Phi) is 7.91. The summed E-state index contributed by atoms with van der Waals surface area (Å²) in [5, 5.41) is 0. The lowest BCUT2D eigenvalue weighted by Crippen LogP contribution is -2.68. The number of amides is 1. The fourth-order valence-electron chi connectivity index (χ4n) is 6.76. The van der Waals surface area contributed by atoms with Crippen molar-refractivity contribution < 1.29 is 27.4 Å². The molecule has 1 amide bonds. The molecule has 214 valence electrons. The first kappa shape index (κ1) is 28.5. The lowest BCUT2D eigenvalue weighted by atomic mass is 9.55. The Labute approximate surface area is 234 Å². The van der Waals surface area contributed by atoms with Gasteiger partial charge in [0.15, 0.2) is 0 Å². The SMILES string of the molecule is COc1cccc([C@@]23CCN(CC4CC4)C[C@@]2(OC)CC[C@H](N(C)C(=O)C#Cc2ccc(C(F)(F)F)cc2)C3)c1. The van der Waals surface area contributed by atoms with Gasteiger partial charge in [0.25, 0.3) is 5.91 Å². The van der Waals surface area contributed by atoms with E-state index in [4.69, 9.17) is 9.47 Å². The minimum absolute atomic E-state index is 0.0566. The third-order valence-electron chi connectivity index (χ3n) is 9.29. The Morgan fingerprint density at radius 1 is 1.10 bits per heavy atom. The van der Waals surface area contributed by atoms with E-state index in [-0.39, 0.29) is 17.4 Å². The van der Waals surface area contributed by atoms with Crippen LogP contribution in [0, 0.1) is 17.8 Å². The Morgan fingerprint density at radius 2 is 1.85 bits per heavy atom. The third kappa shape index (κ3) is 5.59. The summed E-state index contributed by atoms with van der Waals surface area (Å²) in [6.45, 7) is 2.94. The first-order valence-corrected chi connectivity index (χ1v) is 14.0. The highest BCUT2D eigenvalue weighted by molar-refractivity contribution is 5.94. The maximum Gasteiger partial charge on any atom is 0.416 e. The summed E-state index contributed by atoms with van der Waals surface area (Å²) in [4.78, 5) is 17.4. The number of alkyl halides is 3. The van der Waals surface area contributed by atoms with E-state index in [9.17, 15) is 18.0 Å². The number of methoxy groups -OCH3 is 2. The zero-order chi connectivity index (χ0) is 28.5. The number of rotatable bonds is 6. The second-order valence-electron chi connectivity index (χ2n) is 11.6. The van der Waals surface area contributed by atoms with Crippen molar-refractivity contribution in [1.82, 2.24) is 9.80 Å². The van der Waals surface area contributed by atoms with Gasteiger partial charge in [-0.1, -0.05) is 18.1 Å². The van der Waals surface area contributed by atoms with Crippen LogP contribution in [0.3, 0.4) is 0 Å². The largest absolute Gasteiger partial charge is 0.497 e. The highest BCUT2D eigenvalue weighted by atomic mass is 19.4. The molecule has 40 heavy (non-hydrogen) atoms. The van der Waals surface area contributed by atoms with Crippen LogP contribution >= 0.6 is 0 Å². The van der Waals surface area contributed by atoms with Crippen LogP contribution in [0.1, 0.15) is 55.2 Å². The molecule has 3 atom stereocenters. The molecular formula is C32H37F3N2O3. The van der Waals surface area contributed by atoms with E-state index in [0.717, 1.165) is 69.1 Å². The molecule has 5 nitrogen and oxygen atoms in total. The van der Waals surface area contributed by atoms with E-state index in [0.29, 0.717) is 5.56 Å². The smallest absolute Gasteiger partial charge is 0.416 e. The van der Waals surface area contributed by atoms with Gasteiger partial charge in [-0.05, 0) is 92.9 Å². The minimum atomic E-state index is -4.41. The number of fused-ring (bicyclic) bond motifs is 1. The van der Waals surface area contributed by atoms with Crippen LogP contribution in [-0.2, 0) is 21.1 Å². The lowest BCUT2D eigenvalue weighted by molar-refractivity contribution is -0.159. The third-order valence-corrected chi connectivity index (χ3v) is 9.29. The zero-order valence-electron chi connectivity index (χ0n) is 23.4. The second-order valence-corrected chi connectivity index (χ2v) is 11.6. The second kappa shape index (κ2) is 11.1. The van der Waals surface area contributed by atoms with Gasteiger partial charge in [-0.3, -0.25) is 4.79 Å². The summed E-state index contributed by atoms with van der Waals surface area (Å²) in [6, 6.07) is 12.7. The van der Waals surface area contributed by atoms with Crippen molar-refractivity contribution in [3.63, 3.8) is 0 Å². The molecule has 0 unspecified atom stereocenters. The maximum atomic E-state index is 13.2. The van der Waals surface area contributed by atoms with Crippen molar-refractivity contribution in [2.24, 2.45) is 5.92 Å². The molecule has 8 heteroatoms. The summed E-state index contributed by atoms with van der Waals surface area (Å²) in [5.41, 5.74) is 0.0955. The van der Waals surface area contributed by atoms with Crippen LogP contribution in [-0.4, -0.2) is 68.3 Å². The van der Waals surface area contributed by atoms with Crippen LogP contribution < -0.4 is 4.74 Å². The van der Waals surface area contributed by atoms with Gasteiger partial charge >= 0.3 is 6.18 Å². The molecule has 2 aromatic rings. The van der Waals surface area contributed by atoms with E-state index in [1.165, 1.54) is 30.5 Å². The van der Waals surface area contributed by atoms with Gasteiger partial charge in [0, 0.05) is 50.2 Å². The van der Waals surface area contributed by atoms with Gasteiger partial charge in [0.05, 0.1) is 18.3 Å². The molecule has 1 saturated heterocycles. The predicted octanol–water partition coefficient (Wildman–Crippen LogP) is 5.52. The number of carbonyl (C=O) groups is 1. The van der Waals surface area contributed by atoms with Crippen LogP contribution in [0.5, 0.6) is 5.75 Å². The van der Waals surface area contributed by atoms with Crippen LogP contribution in [0.4, 0.5) is 13.2 Å². The summed E-state index contributed by atoms with van der Waals surface area (Å²) in [7, 11) is 5.26. The molecule has 1 heterocycles. The van der Waals surface area contributed by atoms with E-state index < -0.39 is 17.3 Å². The quantitative estimate of drug-likeness (QED) is 0.442. The molecular weight excluding hydrogens is 517 g/mol. The fourth-order valence-corrected chi connectivity index (χ4v) is 6.76. The number of halogens is 3. The first-order chi connectivity index (χ1) is 19.1. The molecule has 0 aromatic heterocycles. The number of hydrogen-bond acceptors (Lipinski definition) is 4. The molecule has 0 N–H and O–H groups in total. The molecule has 0 bridgehead atoms. The van der Waals surface area contributed by atoms with Gasteiger partial charge < -0.3 is 19.3 Å². The minimum Gasteiger partial charge on any atom is -0.497 e. The van der Waals surface area contributed by atoms with Gasteiger partial charge in [0.2, 0.25) is 0 Å². The summed E-state index contributed by atoms with van der Waals surface area (Å²) >= 11 is 0. The molecule has 5 rings (SSSR count). The normalized spacial score (nSPS) is 26.8.